The molecule has 1 fully saturated rings. The molecule has 0 spiro atoms. The molecule has 0 bridgehead atoms. The topological polar surface area (TPSA) is 85.2 Å². The van der Waals surface area contributed by atoms with Crippen LogP contribution in [0.15, 0.2) is 35.1 Å². The van der Waals surface area contributed by atoms with Crippen LogP contribution in [-0.2, 0) is 0 Å². The van der Waals surface area contributed by atoms with E-state index in [4.69, 9.17) is 10.3 Å². The molecule has 0 atom stereocenters. The highest BCUT2D eigenvalue weighted by Gasteiger charge is 2.25. The van der Waals surface area contributed by atoms with Crippen molar-refractivity contribution in [3.05, 3.63) is 36.3 Å². The van der Waals surface area contributed by atoms with E-state index in [1.165, 1.54) is 0 Å². The van der Waals surface area contributed by atoms with Crippen LogP contribution in [0, 0.1) is 5.92 Å². The van der Waals surface area contributed by atoms with E-state index in [9.17, 15) is 4.79 Å². The molecule has 1 saturated heterocycles. The Balaban J connectivity index is 0.00000132. The van der Waals surface area contributed by atoms with Gasteiger partial charge >= 0.3 is 0 Å². The highest BCUT2D eigenvalue weighted by molar-refractivity contribution is 5.93. The summed E-state index contributed by atoms with van der Waals surface area (Å²) < 4.78 is 5.25. The molecular formula is C15H20Cl2N4O2. The first-order chi connectivity index (χ1) is 10.3. The van der Waals surface area contributed by atoms with Crippen molar-refractivity contribution in [1.82, 2.24) is 15.0 Å². The van der Waals surface area contributed by atoms with Crippen LogP contribution in [0.4, 0.5) is 0 Å². The Morgan fingerprint density at radius 3 is 2.70 bits per heavy atom. The van der Waals surface area contributed by atoms with Crippen LogP contribution in [0.5, 0.6) is 0 Å². The number of hydrogen-bond donors (Lipinski definition) is 1. The second-order valence-electron chi connectivity index (χ2n) is 5.29. The molecule has 0 aromatic carbocycles. The number of amides is 1. The zero-order valence-electron chi connectivity index (χ0n) is 12.6. The van der Waals surface area contributed by atoms with Gasteiger partial charge in [-0.05, 0) is 37.4 Å². The molecule has 0 unspecified atom stereocenters. The number of carbonyl (C=O) groups excluding carboxylic acids is 1. The summed E-state index contributed by atoms with van der Waals surface area (Å²) in [7, 11) is 0. The third kappa shape index (κ3) is 4.43. The number of nitrogens with two attached hydrogens (primary N) is 1. The van der Waals surface area contributed by atoms with Crippen molar-refractivity contribution in [3.63, 3.8) is 0 Å². The molecule has 1 aliphatic rings. The van der Waals surface area contributed by atoms with Crippen LogP contribution >= 0.6 is 24.8 Å². The van der Waals surface area contributed by atoms with Gasteiger partial charge in [-0.25, -0.2) is 0 Å². The monoisotopic (exact) mass is 358 g/mol. The minimum absolute atomic E-state index is 0. The smallest absolute Gasteiger partial charge is 0.276 e. The Morgan fingerprint density at radius 2 is 2.09 bits per heavy atom. The summed E-state index contributed by atoms with van der Waals surface area (Å²) >= 11 is 0. The average Bonchev–Trinajstić information content (AvgIpc) is 3.05. The number of likely N-dealkylation sites (tertiary alicyclic amines) is 1. The number of rotatable bonds is 3. The van der Waals surface area contributed by atoms with Crippen LogP contribution in [0.25, 0.3) is 11.3 Å². The summed E-state index contributed by atoms with van der Waals surface area (Å²) in [5.74, 6) is 1.00. The Bertz CT molecular complexity index is 613. The highest BCUT2D eigenvalue weighted by atomic mass is 35.5. The summed E-state index contributed by atoms with van der Waals surface area (Å²) in [6.07, 6.45) is 5.28. The molecule has 0 radical (unpaired) electrons. The van der Waals surface area contributed by atoms with Crippen molar-refractivity contribution in [3.8, 4) is 11.3 Å². The van der Waals surface area contributed by atoms with Crippen LogP contribution in [0.2, 0.25) is 0 Å². The number of piperidine rings is 1. The van der Waals surface area contributed by atoms with E-state index >= 15 is 0 Å². The molecule has 8 heteroatoms. The zero-order valence-corrected chi connectivity index (χ0v) is 14.2. The second-order valence-corrected chi connectivity index (χ2v) is 5.29. The summed E-state index contributed by atoms with van der Waals surface area (Å²) in [5.41, 5.74) is 6.83. The quantitative estimate of drug-likeness (QED) is 0.910. The molecule has 2 aromatic heterocycles. The lowest BCUT2D eigenvalue weighted by molar-refractivity contribution is 0.0683. The van der Waals surface area contributed by atoms with Gasteiger partial charge in [0.1, 0.15) is 0 Å². The van der Waals surface area contributed by atoms with Crippen molar-refractivity contribution in [2.45, 2.75) is 12.8 Å². The van der Waals surface area contributed by atoms with Gasteiger partial charge in [0.05, 0.1) is 0 Å². The summed E-state index contributed by atoms with van der Waals surface area (Å²) in [5, 5.41) is 3.89. The van der Waals surface area contributed by atoms with E-state index in [-0.39, 0.29) is 30.7 Å². The SMILES string of the molecule is Cl.Cl.NCC1CCN(C(=O)c2cc(-c3cccnc3)on2)CC1. The lowest BCUT2D eigenvalue weighted by atomic mass is 9.97. The molecule has 6 nitrogen and oxygen atoms in total. The minimum Gasteiger partial charge on any atom is -0.355 e. The van der Waals surface area contributed by atoms with Gasteiger partial charge in [-0.3, -0.25) is 9.78 Å². The van der Waals surface area contributed by atoms with E-state index in [1.54, 1.807) is 18.5 Å². The molecule has 1 amide bonds. The predicted molar refractivity (Wildman–Crippen MR) is 91.9 cm³/mol. The van der Waals surface area contributed by atoms with E-state index in [0.29, 0.717) is 23.9 Å². The van der Waals surface area contributed by atoms with E-state index in [1.807, 2.05) is 17.0 Å². The fourth-order valence-corrected chi connectivity index (χ4v) is 2.55. The van der Waals surface area contributed by atoms with Gasteiger partial charge in [-0.1, -0.05) is 5.16 Å². The van der Waals surface area contributed by atoms with Gasteiger partial charge in [0.2, 0.25) is 0 Å². The highest BCUT2D eigenvalue weighted by Crippen LogP contribution is 2.22. The maximum atomic E-state index is 12.4. The van der Waals surface area contributed by atoms with Gasteiger partial charge in [0.15, 0.2) is 11.5 Å². The van der Waals surface area contributed by atoms with Gasteiger partial charge in [0, 0.05) is 37.1 Å². The fraction of sp³-hybridized carbons (Fsp3) is 0.400. The molecule has 0 saturated carbocycles. The Morgan fingerprint density at radius 1 is 1.35 bits per heavy atom. The summed E-state index contributed by atoms with van der Waals surface area (Å²) in [6, 6.07) is 5.36. The molecule has 0 aliphatic carbocycles. The lowest BCUT2D eigenvalue weighted by Crippen LogP contribution is -2.40. The van der Waals surface area contributed by atoms with Crippen molar-refractivity contribution >= 4 is 30.7 Å². The number of pyridine rings is 1. The second kappa shape index (κ2) is 8.86. The molecule has 3 rings (SSSR count). The maximum absolute atomic E-state index is 12.4. The van der Waals surface area contributed by atoms with Gasteiger partial charge in [-0.2, -0.15) is 0 Å². The van der Waals surface area contributed by atoms with E-state index < -0.39 is 0 Å². The van der Waals surface area contributed by atoms with Crippen LogP contribution in [-0.4, -0.2) is 40.6 Å². The normalized spacial score (nSPS) is 14.7. The zero-order chi connectivity index (χ0) is 14.7. The first-order valence-electron chi connectivity index (χ1n) is 7.14. The van der Waals surface area contributed by atoms with Crippen molar-refractivity contribution < 1.29 is 9.32 Å². The largest absolute Gasteiger partial charge is 0.355 e. The molecular weight excluding hydrogens is 339 g/mol. The van der Waals surface area contributed by atoms with Gasteiger partial charge in [-0.15, -0.1) is 24.8 Å². The third-order valence-corrected chi connectivity index (χ3v) is 3.91. The Kier molecular flexibility index (Phi) is 7.48. The number of aromatic nitrogens is 2. The first-order valence-corrected chi connectivity index (χ1v) is 7.14. The fourth-order valence-electron chi connectivity index (χ4n) is 2.55. The van der Waals surface area contributed by atoms with Crippen molar-refractivity contribution in [1.29, 1.82) is 0 Å². The number of nitrogens with zero attached hydrogens (tertiary/aromatic N) is 3. The summed E-state index contributed by atoms with van der Waals surface area (Å²) in [4.78, 5) is 18.2. The van der Waals surface area contributed by atoms with Crippen LogP contribution < -0.4 is 5.73 Å². The number of carbonyl (C=O) groups is 1. The Labute approximate surface area is 147 Å². The maximum Gasteiger partial charge on any atom is 0.276 e. The average molecular weight is 359 g/mol. The number of halogens is 2. The lowest BCUT2D eigenvalue weighted by Gasteiger charge is -2.30. The Hall–Kier alpha value is -1.63. The molecule has 1 aliphatic heterocycles. The number of hydrogen-bond acceptors (Lipinski definition) is 5. The van der Waals surface area contributed by atoms with E-state index in [0.717, 1.165) is 31.5 Å². The third-order valence-electron chi connectivity index (χ3n) is 3.91. The van der Waals surface area contributed by atoms with Gasteiger partial charge in [0.25, 0.3) is 5.91 Å². The summed E-state index contributed by atoms with van der Waals surface area (Å²) in [6.45, 7) is 2.16. The molecule has 2 N–H and O–H groups in total. The standard InChI is InChI=1S/C15H18N4O2.2ClH/c16-9-11-3-6-19(7-4-11)15(20)13-8-14(21-18-13)12-2-1-5-17-10-12;;/h1-2,5,8,10-11H,3-4,6-7,9,16H2;2*1H. The van der Waals surface area contributed by atoms with Gasteiger partial charge < -0.3 is 15.2 Å². The first kappa shape index (κ1) is 19.4. The molecule has 2 aromatic rings. The minimum atomic E-state index is -0.0793. The predicted octanol–water partition coefficient (Wildman–Crippen LogP) is 2.39. The van der Waals surface area contributed by atoms with Crippen LogP contribution in [0.1, 0.15) is 23.3 Å². The van der Waals surface area contributed by atoms with Crippen molar-refractivity contribution in [2.24, 2.45) is 11.7 Å². The molecule has 3 heterocycles. The van der Waals surface area contributed by atoms with Crippen molar-refractivity contribution in [2.75, 3.05) is 19.6 Å². The molecule has 126 valence electrons. The van der Waals surface area contributed by atoms with E-state index in [2.05, 4.69) is 10.1 Å². The molecule has 23 heavy (non-hydrogen) atoms. The van der Waals surface area contributed by atoms with Crippen LogP contribution in [0.3, 0.4) is 0 Å².